The maximum absolute atomic E-state index is 12.3. The summed E-state index contributed by atoms with van der Waals surface area (Å²) in [5, 5.41) is 10.6. The molecule has 1 aromatic heterocycles. The third-order valence-corrected chi connectivity index (χ3v) is 6.23. The molecule has 1 amide bonds. The van der Waals surface area contributed by atoms with E-state index in [2.05, 4.69) is 51.9 Å². The van der Waals surface area contributed by atoms with E-state index in [9.17, 15) is 4.79 Å². The summed E-state index contributed by atoms with van der Waals surface area (Å²) in [4.78, 5) is 12.3. The molecule has 1 fully saturated rings. The first-order valence-corrected chi connectivity index (χ1v) is 10.5. The Morgan fingerprint density at radius 1 is 1.06 bits per heavy atom. The molecule has 0 spiro atoms. The summed E-state index contributed by atoms with van der Waals surface area (Å²) in [7, 11) is 3.35. The molecule has 2 N–H and O–H groups in total. The molecular weight excluding hydrogens is 390 g/mol. The van der Waals surface area contributed by atoms with Crippen LogP contribution in [0.1, 0.15) is 35.2 Å². The van der Waals surface area contributed by atoms with Crippen molar-refractivity contribution in [2.75, 3.05) is 19.5 Å². The van der Waals surface area contributed by atoms with Gasteiger partial charge in [-0.25, -0.2) is 0 Å². The quantitative estimate of drug-likeness (QED) is 0.628. The van der Waals surface area contributed by atoms with Crippen LogP contribution in [0.4, 0.5) is 5.82 Å². The standard InChI is InChI=1S/C25H25N3O3/c1-30-19-7-3-5-17(13-19)25(18-6-4-8-20(14-18)31-2)12-11-21-22(15-25)27-28-23(21)26-24(29)16-9-10-16/h3-8,11-14,16H,9-10,15H2,1-2H3,(H2,26,27,28,29). The molecule has 3 aromatic rings. The summed E-state index contributed by atoms with van der Waals surface area (Å²) < 4.78 is 11.0. The zero-order chi connectivity index (χ0) is 21.4. The van der Waals surface area contributed by atoms with Gasteiger partial charge in [0.15, 0.2) is 5.82 Å². The Morgan fingerprint density at radius 2 is 1.71 bits per heavy atom. The molecule has 1 heterocycles. The van der Waals surface area contributed by atoms with Crippen LogP contribution in [-0.4, -0.2) is 30.3 Å². The molecule has 0 radical (unpaired) electrons. The summed E-state index contributed by atoms with van der Waals surface area (Å²) in [5.41, 5.74) is 3.72. The monoisotopic (exact) mass is 415 g/mol. The average molecular weight is 415 g/mol. The Kier molecular flexibility index (Phi) is 4.77. The fourth-order valence-electron chi connectivity index (χ4n) is 4.29. The summed E-state index contributed by atoms with van der Waals surface area (Å²) in [6.45, 7) is 0. The van der Waals surface area contributed by atoms with Crippen molar-refractivity contribution in [3.05, 3.63) is 77.0 Å². The minimum Gasteiger partial charge on any atom is -0.497 e. The van der Waals surface area contributed by atoms with E-state index in [1.165, 1.54) is 0 Å². The van der Waals surface area contributed by atoms with Gasteiger partial charge in [0.05, 0.1) is 14.2 Å². The van der Waals surface area contributed by atoms with Crippen LogP contribution >= 0.6 is 0 Å². The van der Waals surface area contributed by atoms with Crippen molar-refractivity contribution in [3.63, 3.8) is 0 Å². The second kappa shape index (κ2) is 7.61. The smallest absolute Gasteiger partial charge is 0.228 e. The van der Waals surface area contributed by atoms with Crippen LogP contribution in [0.5, 0.6) is 11.5 Å². The minimum atomic E-state index is -0.430. The summed E-state index contributed by atoms with van der Waals surface area (Å²) in [6, 6.07) is 16.3. The van der Waals surface area contributed by atoms with E-state index in [1.807, 2.05) is 24.3 Å². The summed E-state index contributed by atoms with van der Waals surface area (Å²) >= 11 is 0. The lowest BCUT2D eigenvalue weighted by atomic mass is 9.68. The van der Waals surface area contributed by atoms with Gasteiger partial charge in [-0.2, -0.15) is 5.10 Å². The molecule has 0 unspecified atom stereocenters. The van der Waals surface area contributed by atoms with Gasteiger partial charge in [-0.05, 0) is 48.2 Å². The molecule has 0 aliphatic heterocycles. The number of H-pyrrole nitrogens is 1. The molecule has 31 heavy (non-hydrogen) atoms. The summed E-state index contributed by atoms with van der Waals surface area (Å²) in [6.07, 6.45) is 6.85. The van der Waals surface area contributed by atoms with E-state index >= 15 is 0 Å². The SMILES string of the molecule is COc1cccc(C2(c3cccc(OC)c3)C=Cc3c(NC(=O)C4CC4)n[nH]c3C2)c1. The van der Waals surface area contributed by atoms with Crippen molar-refractivity contribution in [1.82, 2.24) is 10.2 Å². The number of methoxy groups -OCH3 is 2. The van der Waals surface area contributed by atoms with Crippen LogP contribution in [-0.2, 0) is 16.6 Å². The number of aromatic amines is 1. The van der Waals surface area contributed by atoms with Crippen LogP contribution in [0.25, 0.3) is 6.08 Å². The number of nitrogens with one attached hydrogen (secondary N) is 2. The molecule has 1 saturated carbocycles. The Bertz CT molecular complexity index is 1110. The van der Waals surface area contributed by atoms with E-state index in [1.54, 1.807) is 14.2 Å². The number of carbonyl (C=O) groups excluding carboxylic acids is 1. The number of hydrogen-bond acceptors (Lipinski definition) is 4. The number of anilines is 1. The second-order valence-electron chi connectivity index (χ2n) is 8.17. The fraction of sp³-hybridized carbons (Fsp3) is 0.280. The highest BCUT2D eigenvalue weighted by molar-refractivity contribution is 5.95. The Balaban J connectivity index is 1.59. The number of aromatic nitrogens is 2. The lowest BCUT2D eigenvalue weighted by Gasteiger charge is -2.34. The second-order valence-corrected chi connectivity index (χ2v) is 8.17. The third-order valence-electron chi connectivity index (χ3n) is 6.23. The molecule has 2 aliphatic carbocycles. The van der Waals surface area contributed by atoms with E-state index in [-0.39, 0.29) is 11.8 Å². The zero-order valence-corrected chi connectivity index (χ0v) is 17.6. The minimum absolute atomic E-state index is 0.0557. The zero-order valence-electron chi connectivity index (χ0n) is 17.6. The van der Waals surface area contributed by atoms with Gasteiger partial charge in [-0.3, -0.25) is 9.89 Å². The van der Waals surface area contributed by atoms with Gasteiger partial charge in [0.1, 0.15) is 11.5 Å². The number of fused-ring (bicyclic) bond motifs is 1. The van der Waals surface area contributed by atoms with Gasteiger partial charge in [-0.1, -0.05) is 36.4 Å². The van der Waals surface area contributed by atoms with Gasteiger partial charge in [-0.15, -0.1) is 0 Å². The highest BCUT2D eigenvalue weighted by Crippen LogP contribution is 2.44. The number of carbonyl (C=O) groups is 1. The predicted molar refractivity (Wildman–Crippen MR) is 119 cm³/mol. The topological polar surface area (TPSA) is 76.2 Å². The molecule has 2 aliphatic rings. The number of benzene rings is 2. The highest BCUT2D eigenvalue weighted by Gasteiger charge is 2.38. The lowest BCUT2D eigenvalue weighted by molar-refractivity contribution is -0.117. The highest BCUT2D eigenvalue weighted by atomic mass is 16.5. The third kappa shape index (κ3) is 3.48. The first-order chi connectivity index (χ1) is 15.1. The largest absolute Gasteiger partial charge is 0.497 e. The van der Waals surface area contributed by atoms with Crippen molar-refractivity contribution < 1.29 is 14.3 Å². The number of nitrogens with zero attached hydrogens (tertiary/aromatic N) is 1. The molecule has 158 valence electrons. The molecule has 2 aromatic carbocycles. The molecule has 0 saturated heterocycles. The molecule has 5 rings (SSSR count). The molecular formula is C25H25N3O3. The number of rotatable bonds is 6. The van der Waals surface area contributed by atoms with Crippen LogP contribution in [0.3, 0.4) is 0 Å². The summed E-state index contributed by atoms with van der Waals surface area (Å²) in [5.74, 6) is 2.41. The Labute approximate surface area is 181 Å². The first-order valence-electron chi connectivity index (χ1n) is 10.5. The predicted octanol–water partition coefficient (Wildman–Crippen LogP) is 4.33. The van der Waals surface area contributed by atoms with Crippen molar-refractivity contribution in [1.29, 1.82) is 0 Å². The van der Waals surface area contributed by atoms with E-state index in [4.69, 9.17) is 9.47 Å². The van der Waals surface area contributed by atoms with Crippen LogP contribution in [0, 0.1) is 5.92 Å². The van der Waals surface area contributed by atoms with Crippen molar-refractivity contribution in [3.8, 4) is 11.5 Å². The van der Waals surface area contributed by atoms with Gasteiger partial charge < -0.3 is 14.8 Å². The molecule has 0 bridgehead atoms. The Morgan fingerprint density at radius 3 is 2.29 bits per heavy atom. The van der Waals surface area contributed by atoms with Crippen LogP contribution in [0.15, 0.2) is 54.6 Å². The van der Waals surface area contributed by atoms with Crippen molar-refractivity contribution in [2.24, 2.45) is 5.92 Å². The first kappa shape index (κ1) is 19.4. The maximum atomic E-state index is 12.3. The number of ether oxygens (including phenoxy) is 2. The lowest BCUT2D eigenvalue weighted by Crippen LogP contribution is -2.30. The molecule has 0 atom stereocenters. The van der Waals surface area contributed by atoms with Gasteiger partial charge in [0.2, 0.25) is 5.91 Å². The van der Waals surface area contributed by atoms with Crippen molar-refractivity contribution >= 4 is 17.8 Å². The molecule has 6 heteroatoms. The number of allylic oxidation sites excluding steroid dienone is 1. The average Bonchev–Trinajstić information content (AvgIpc) is 3.61. The Hall–Kier alpha value is -3.54. The van der Waals surface area contributed by atoms with E-state index in [0.29, 0.717) is 12.2 Å². The van der Waals surface area contributed by atoms with Gasteiger partial charge in [0, 0.05) is 29.0 Å². The van der Waals surface area contributed by atoms with Gasteiger partial charge >= 0.3 is 0 Å². The molecule has 6 nitrogen and oxygen atoms in total. The fourth-order valence-corrected chi connectivity index (χ4v) is 4.29. The van der Waals surface area contributed by atoms with Crippen LogP contribution in [0.2, 0.25) is 0 Å². The number of amides is 1. The van der Waals surface area contributed by atoms with E-state index in [0.717, 1.165) is 46.7 Å². The van der Waals surface area contributed by atoms with Crippen molar-refractivity contribution in [2.45, 2.75) is 24.7 Å². The van der Waals surface area contributed by atoms with Gasteiger partial charge in [0.25, 0.3) is 0 Å². The van der Waals surface area contributed by atoms with E-state index < -0.39 is 5.41 Å². The number of hydrogen-bond donors (Lipinski definition) is 2. The maximum Gasteiger partial charge on any atom is 0.228 e. The van der Waals surface area contributed by atoms with Crippen LogP contribution < -0.4 is 14.8 Å². The normalized spacial score (nSPS) is 16.5.